The molecular formula is C10H11ClFNO2. The van der Waals surface area contributed by atoms with Gasteiger partial charge in [0, 0.05) is 6.04 Å². The van der Waals surface area contributed by atoms with Crippen molar-refractivity contribution in [3.63, 3.8) is 0 Å². The Kier molecular flexibility index (Phi) is 3.31. The summed E-state index contributed by atoms with van der Waals surface area (Å²) in [6.45, 7) is 0. The molecular weight excluding hydrogens is 221 g/mol. The lowest BCUT2D eigenvalue weighted by atomic mass is 10.0. The van der Waals surface area contributed by atoms with E-state index in [2.05, 4.69) is 0 Å². The SMILES string of the molecule is Cl.N[C@@H]1CCc2cc(C(=O)O)c(F)cc21. The highest BCUT2D eigenvalue weighted by molar-refractivity contribution is 5.88. The second-order valence-electron chi connectivity index (χ2n) is 3.48. The molecule has 0 fully saturated rings. The number of hydrogen-bond acceptors (Lipinski definition) is 2. The van der Waals surface area contributed by atoms with Gasteiger partial charge in [-0.3, -0.25) is 0 Å². The van der Waals surface area contributed by atoms with E-state index in [1.54, 1.807) is 0 Å². The molecule has 0 saturated carbocycles. The van der Waals surface area contributed by atoms with Gasteiger partial charge in [-0.25, -0.2) is 9.18 Å². The van der Waals surface area contributed by atoms with Gasteiger partial charge in [0.1, 0.15) is 5.82 Å². The van der Waals surface area contributed by atoms with E-state index in [9.17, 15) is 9.18 Å². The second kappa shape index (κ2) is 4.16. The van der Waals surface area contributed by atoms with Crippen molar-refractivity contribution in [1.29, 1.82) is 0 Å². The summed E-state index contributed by atoms with van der Waals surface area (Å²) in [6, 6.07) is 2.48. The fourth-order valence-corrected chi connectivity index (χ4v) is 1.83. The highest BCUT2D eigenvalue weighted by Crippen LogP contribution is 2.31. The molecule has 2 rings (SSSR count). The molecule has 1 aromatic rings. The topological polar surface area (TPSA) is 63.3 Å². The third kappa shape index (κ3) is 1.96. The first-order valence-electron chi connectivity index (χ1n) is 4.41. The zero-order valence-corrected chi connectivity index (χ0v) is 8.68. The minimum Gasteiger partial charge on any atom is -0.478 e. The molecule has 0 spiro atoms. The first kappa shape index (κ1) is 11.9. The molecule has 82 valence electrons. The van der Waals surface area contributed by atoms with Crippen molar-refractivity contribution in [3.8, 4) is 0 Å². The lowest BCUT2D eigenvalue weighted by Gasteiger charge is -2.06. The summed E-state index contributed by atoms with van der Waals surface area (Å²) in [4.78, 5) is 10.6. The number of rotatable bonds is 1. The number of carbonyl (C=O) groups is 1. The average molecular weight is 232 g/mol. The highest BCUT2D eigenvalue weighted by Gasteiger charge is 2.23. The summed E-state index contributed by atoms with van der Waals surface area (Å²) in [6.07, 6.45) is 1.49. The van der Waals surface area contributed by atoms with E-state index in [-0.39, 0.29) is 24.0 Å². The van der Waals surface area contributed by atoms with Gasteiger partial charge in [-0.15, -0.1) is 12.4 Å². The van der Waals surface area contributed by atoms with Crippen molar-refractivity contribution in [2.75, 3.05) is 0 Å². The first-order chi connectivity index (χ1) is 6.59. The zero-order chi connectivity index (χ0) is 10.3. The number of benzene rings is 1. The Balaban J connectivity index is 0.00000112. The van der Waals surface area contributed by atoms with Crippen LogP contribution in [0.15, 0.2) is 12.1 Å². The van der Waals surface area contributed by atoms with E-state index < -0.39 is 11.8 Å². The molecule has 0 aromatic heterocycles. The van der Waals surface area contributed by atoms with E-state index in [1.165, 1.54) is 12.1 Å². The third-order valence-electron chi connectivity index (χ3n) is 2.58. The third-order valence-corrected chi connectivity index (χ3v) is 2.58. The number of carboxylic acids is 1. The molecule has 5 heteroatoms. The fourth-order valence-electron chi connectivity index (χ4n) is 1.83. The number of nitrogens with two attached hydrogens (primary N) is 1. The standard InChI is InChI=1S/C10H10FNO2.ClH/c11-8-4-6-5(1-2-9(6)12)3-7(8)10(13)14;/h3-4,9H,1-2,12H2,(H,13,14);1H/t9-;/m1./s1. The quantitative estimate of drug-likeness (QED) is 0.776. The van der Waals surface area contributed by atoms with Crippen LogP contribution in [0.4, 0.5) is 4.39 Å². The Morgan fingerprint density at radius 2 is 2.20 bits per heavy atom. The van der Waals surface area contributed by atoms with Gasteiger partial charge in [0.2, 0.25) is 0 Å². The largest absolute Gasteiger partial charge is 0.478 e. The molecule has 0 heterocycles. The Morgan fingerprint density at radius 3 is 2.80 bits per heavy atom. The summed E-state index contributed by atoms with van der Waals surface area (Å²) in [5.41, 5.74) is 7.06. The average Bonchev–Trinajstić information content (AvgIpc) is 2.46. The van der Waals surface area contributed by atoms with Gasteiger partial charge in [-0.1, -0.05) is 0 Å². The molecule has 0 unspecified atom stereocenters. The molecule has 1 atom stereocenters. The maximum absolute atomic E-state index is 13.2. The summed E-state index contributed by atoms with van der Waals surface area (Å²) in [7, 11) is 0. The second-order valence-corrected chi connectivity index (χ2v) is 3.48. The van der Waals surface area contributed by atoms with Gasteiger partial charge in [0.15, 0.2) is 0 Å². The Hall–Kier alpha value is -1.13. The van der Waals surface area contributed by atoms with E-state index in [0.29, 0.717) is 0 Å². The monoisotopic (exact) mass is 231 g/mol. The predicted molar refractivity (Wildman–Crippen MR) is 55.9 cm³/mol. The molecule has 0 aliphatic heterocycles. The van der Waals surface area contributed by atoms with Crippen molar-refractivity contribution >= 4 is 18.4 Å². The lowest BCUT2D eigenvalue weighted by Crippen LogP contribution is -2.07. The molecule has 3 nitrogen and oxygen atoms in total. The zero-order valence-electron chi connectivity index (χ0n) is 7.87. The lowest BCUT2D eigenvalue weighted by molar-refractivity contribution is 0.0692. The number of aryl methyl sites for hydroxylation is 1. The smallest absolute Gasteiger partial charge is 0.338 e. The van der Waals surface area contributed by atoms with Crippen LogP contribution in [0.2, 0.25) is 0 Å². The van der Waals surface area contributed by atoms with E-state index >= 15 is 0 Å². The summed E-state index contributed by atoms with van der Waals surface area (Å²) < 4.78 is 13.2. The molecule has 0 bridgehead atoms. The van der Waals surface area contributed by atoms with Crippen molar-refractivity contribution in [3.05, 3.63) is 34.6 Å². The Morgan fingerprint density at radius 1 is 1.53 bits per heavy atom. The van der Waals surface area contributed by atoms with Crippen molar-refractivity contribution in [2.45, 2.75) is 18.9 Å². The molecule has 15 heavy (non-hydrogen) atoms. The van der Waals surface area contributed by atoms with Crippen LogP contribution in [-0.2, 0) is 6.42 Å². The van der Waals surface area contributed by atoms with Crippen molar-refractivity contribution < 1.29 is 14.3 Å². The van der Waals surface area contributed by atoms with Crippen LogP contribution in [0.1, 0.15) is 33.9 Å². The minimum atomic E-state index is -1.23. The van der Waals surface area contributed by atoms with Gasteiger partial charge >= 0.3 is 5.97 Å². The van der Waals surface area contributed by atoms with Crippen LogP contribution in [0.25, 0.3) is 0 Å². The highest BCUT2D eigenvalue weighted by atomic mass is 35.5. The van der Waals surface area contributed by atoms with Crippen LogP contribution in [0, 0.1) is 5.82 Å². The molecule has 0 amide bonds. The van der Waals surface area contributed by atoms with Crippen molar-refractivity contribution in [2.24, 2.45) is 5.73 Å². The first-order valence-corrected chi connectivity index (χ1v) is 4.41. The number of halogens is 2. The van der Waals surface area contributed by atoms with Crippen LogP contribution in [-0.4, -0.2) is 11.1 Å². The maximum Gasteiger partial charge on any atom is 0.338 e. The molecule has 0 radical (unpaired) electrons. The molecule has 1 aliphatic rings. The normalized spacial score (nSPS) is 18.1. The van der Waals surface area contributed by atoms with E-state index in [1.807, 2.05) is 0 Å². The molecule has 1 aromatic carbocycles. The number of fused-ring (bicyclic) bond motifs is 1. The van der Waals surface area contributed by atoms with Gasteiger partial charge in [0.25, 0.3) is 0 Å². The summed E-state index contributed by atoms with van der Waals surface area (Å²) in [5.74, 6) is -1.93. The molecule has 1 aliphatic carbocycles. The number of hydrogen-bond donors (Lipinski definition) is 2. The van der Waals surface area contributed by atoms with Crippen LogP contribution in [0.3, 0.4) is 0 Å². The number of carboxylic acid groups (broad SMARTS) is 1. The molecule has 3 N–H and O–H groups in total. The van der Waals surface area contributed by atoms with Gasteiger partial charge in [-0.2, -0.15) is 0 Å². The minimum absolute atomic E-state index is 0. The maximum atomic E-state index is 13.2. The number of aromatic carboxylic acids is 1. The fraction of sp³-hybridized carbons (Fsp3) is 0.300. The van der Waals surface area contributed by atoms with Gasteiger partial charge in [0.05, 0.1) is 5.56 Å². The Bertz CT molecular complexity index is 409. The van der Waals surface area contributed by atoms with Gasteiger partial charge < -0.3 is 10.8 Å². The van der Waals surface area contributed by atoms with E-state index in [0.717, 1.165) is 24.0 Å². The Labute approximate surface area is 92.5 Å². The summed E-state index contributed by atoms with van der Waals surface area (Å²) >= 11 is 0. The molecule has 0 saturated heterocycles. The van der Waals surface area contributed by atoms with E-state index in [4.69, 9.17) is 10.8 Å². The predicted octanol–water partition coefficient (Wildman–Crippen LogP) is 1.89. The van der Waals surface area contributed by atoms with Crippen molar-refractivity contribution in [1.82, 2.24) is 0 Å². The van der Waals surface area contributed by atoms with Crippen LogP contribution >= 0.6 is 12.4 Å². The van der Waals surface area contributed by atoms with Crippen LogP contribution < -0.4 is 5.73 Å². The van der Waals surface area contributed by atoms with Crippen LogP contribution in [0.5, 0.6) is 0 Å². The summed E-state index contributed by atoms with van der Waals surface area (Å²) in [5, 5.41) is 8.69. The van der Waals surface area contributed by atoms with Gasteiger partial charge in [-0.05, 0) is 36.1 Å².